The van der Waals surface area contributed by atoms with Crippen LogP contribution in [-0.2, 0) is 0 Å². The molecule has 0 amide bonds. The van der Waals surface area contributed by atoms with Crippen LogP contribution in [0.5, 0.6) is 0 Å². The summed E-state index contributed by atoms with van der Waals surface area (Å²) in [5.41, 5.74) is 2.09. The Hall–Kier alpha value is -3.09. The van der Waals surface area contributed by atoms with Gasteiger partial charge >= 0.3 is 5.69 Å². The lowest BCUT2D eigenvalue weighted by Gasteiger charge is -2.29. The number of nitrogens with zero attached hydrogens (tertiary/aromatic N) is 3. The SMILES string of the molecule is Cc1ccc([N+](=O)[O-])c(N2CCC(=C/C=C/c3cc(F)ccc3F)CC2)n1. The zero-order valence-electron chi connectivity index (χ0n) is 14.9. The third kappa shape index (κ3) is 4.55. The Morgan fingerprint density at radius 2 is 1.93 bits per heavy atom. The molecule has 2 heterocycles. The first-order valence-electron chi connectivity index (χ1n) is 8.62. The molecule has 0 radical (unpaired) electrons. The van der Waals surface area contributed by atoms with Crippen LogP contribution in [0.15, 0.2) is 48.1 Å². The number of pyridine rings is 1. The van der Waals surface area contributed by atoms with Gasteiger partial charge in [-0.05, 0) is 44.0 Å². The number of hydrogen-bond acceptors (Lipinski definition) is 4. The van der Waals surface area contributed by atoms with Crippen LogP contribution in [0.1, 0.15) is 24.1 Å². The van der Waals surface area contributed by atoms with E-state index in [0.29, 0.717) is 18.9 Å². The van der Waals surface area contributed by atoms with E-state index < -0.39 is 16.6 Å². The lowest BCUT2D eigenvalue weighted by atomic mass is 10.0. The molecule has 0 N–H and O–H groups in total. The second-order valence-corrected chi connectivity index (χ2v) is 6.39. The number of rotatable bonds is 4. The van der Waals surface area contributed by atoms with Crippen LogP contribution in [0.2, 0.25) is 0 Å². The Morgan fingerprint density at radius 3 is 2.63 bits per heavy atom. The van der Waals surface area contributed by atoms with Crippen LogP contribution in [-0.4, -0.2) is 23.0 Å². The minimum absolute atomic E-state index is 0.00880. The highest BCUT2D eigenvalue weighted by atomic mass is 19.1. The molecule has 1 aliphatic rings. The molecular weight excluding hydrogens is 352 g/mol. The van der Waals surface area contributed by atoms with Gasteiger partial charge in [0.05, 0.1) is 4.92 Å². The van der Waals surface area contributed by atoms with E-state index in [9.17, 15) is 18.9 Å². The first kappa shape index (κ1) is 18.7. The Kier molecular flexibility index (Phi) is 5.59. The summed E-state index contributed by atoms with van der Waals surface area (Å²) in [6, 6.07) is 6.45. The van der Waals surface area contributed by atoms with E-state index in [-0.39, 0.29) is 11.3 Å². The molecule has 1 aromatic heterocycles. The van der Waals surface area contributed by atoms with Crippen molar-refractivity contribution in [2.45, 2.75) is 19.8 Å². The first-order chi connectivity index (χ1) is 12.9. The smallest absolute Gasteiger partial charge is 0.311 e. The van der Waals surface area contributed by atoms with Gasteiger partial charge in [-0.2, -0.15) is 0 Å². The van der Waals surface area contributed by atoms with Gasteiger partial charge in [0.15, 0.2) is 0 Å². The topological polar surface area (TPSA) is 59.3 Å². The maximum Gasteiger partial charge on any atom is 0.311 e. The summed E-state index contributed by atoms with van der Waals surface area (Å²) in [6.07, 6.45) is 6.58. The van der Waals surface area contributed by atoms with Crippen LogP contribution >= 0.6 is 0 Å². The molecule has 2 aromatic rings. The predicted octanol–water partition coefficient (Wildman–Crippen LogP) is 4.82. The van der Waals surface area contributed by atoms with Gasteiger partial charge in [0, 0.05) is 30.4 Å². The number of benzene rings is 1. The van der Waals surface area contributed by atoms with Crippen molar-refractivity contribution in [2.75, 3.05) is 18.0 Å². The molecule has 1 saturated heterocycles. The normalized spacial score (nSPS) is 14.6. The molecule has 1 aromatic carbocycles. The first-order valence-corrected chi connectivity index (χ1v) is 8.62. The van der Waals surface area contributed by atoms with Crippen molar-refractivity contribution < 1.29 is 13.7 Å². The second-order valence-electron chi connectivity index (χ2n) is 6.39. The van der Waals surface area contributed by atoms with Crippen LogP contribution in [0, 0.1) is 28.7 Å². The van der Waals surface area contributed by atoms with Crippen LogP contribution in [0.25, 0.3) is 6.08 Å². The number of allylic oxidation sites excluding steroid dienone is 2. The predicted molar refractivity (Wildman–Crippen MR) is 101 cm³/mol. The molecule has 140 valence electrons. The van der Waals surface area contributed by atoms with Crippen LogP contribution in [0.3, 0.4) is 0 Å². The largest absolute Gasteiger partial charge is 0.350 e. The van der Waals surface area contributed by atoms with Crippen molar-refractivity contribution in [1.82, 2.24) is 4.98 Å². The average Bonchev–Trinajstić information content (AvgIpc) is 2.65. The Balaban J connectivity index is 1.68. The Labute approximate surface area is 155 Å². The van der Waals surface area contributed by atoms with Gasteiger partial charge in [-0.3, -0.25) is 10.1 Å². The van der Waals surface area contributed by atoms with Gasteiger partial charge in [-0.25, -0.2) is 13.8 Å². The molecule has 0 aliphatic carbocycles. The number of hydrogen-bond donors (Lipinski definition) is 0. The van der Waals surface area contributed by atoms with Crippen molar-refractivity contribution in [3.63, 3.8) is 0 Å². The molecular formula is C20H19F2N3O2. The van der Waals surface area contributed by atoms with Crippen LogP contribution in [0.4, 0.5) is 20.3 Å². The number of piperidine rings is 1. The lowest BCUT2D eigenvalue weighted by Crippen LogP contribution is -2.32. The van der Waals surface area contributed by atoms with E-state index in [1.807, 2.05) is 11.0 Å². The Morgan fingerprint density at radius 1 is 1.19 bits per heavy atom. The lowest BCUT2D eigenvalue weighted by molar-refractivity contribution is -0.384. The molecule has 0 unspecified atom stereocenters. The standard InChI is InChI=1S/C20H19F2N3O2/c1-14-5-8-19(25(26)27)20(23-14)24-11-9-15(10-12-24)3-2-4-16-13-17(21)6-7-18(16)22/h2-8,13H,9-12H2,1H3/b4-2+. The number of aryl methyl sites for hydroxylation is 1. The molecule has 0 spiro atoms. The molecule has 1 aliphatic heterocycles. The summed E-state index contributed by atoms with van der Waals surface area (Å²) in [7, 11) is 0. The summed E-state index contributed by atoms with van der Waals surface area (Å²) < 4.78 is 26.8. The average molecular weight is 371 g/mol. The second kappa shape index (κ2) is 8.07. The highest BCUT2D eigenvalue weighted by molar-refractivity contribution is 5.59. The van der Waals surface area contributed by atoms with Crippen molar-refractivity contribution in [3.05, 3.63) is 81.1 Å². The third-order valence-electron chi connectivity index (χ3n) is 4.46. The minimum Gasteiger partial charge on any atom is -0.350 e. The monoisotopic (exact) mass is 371 g/mol. The van der Waals surface area contributed by atoms with Gasteiger partial charge in [0.25, 0.3) is 0 Å². The zero-order chi connectivity index (χ0) is 19.4. The minimum atomic E-state index is -0.482. The summed E-state index contributed by atoms with van der Waals surface area (Å²) >= 11 is 0. The molecule has 27 heavy (non-hydrogen) atoms. The van der Waals surface area contributed by atoms with Gasteiger partial charge in [0.1, 0.15) is 11.6 Å². The van der Waals surface area contributed by atoms with Crippen LogP contribution < -0.4 is 4.90 Å². The fourth-order valence-electron chi connectivity index (χ4n) is 3.01. The summed E-state index contributed by atoms with van der Waals surface area (Å²) in [5, 5.41) is 11.2. The molecule has 5 nitrogen and oxygen atoms in total. The van der Waals surface area contributed by atoms with Gasteiger partial charge in [0.2, 0.25) is 5.82 Å². The summed E-state index contributed by atoms with van der Waals surface area (Å²) in [5.74, 6) is -0.556. The van der Waals surface area contributed by atoms with Crippen molar-refractivity contribution in [1.29, 1.82) is 0 Å². The van der Waals surface area contributed by atoms with Crippen molar-refractivity contribution in [2.24, 2.45) is 0 Å². The molecule has 3 rings (SSSR count). The number of halogens is 2. The van der Waals surface area contributed by atoms with Gasteiger partial charge < -0.3 is 4.90 Å². The van der Waals surface area contributed by atoms with E-state index in [0.717, 1.165) is 42.3 Å². The maximum absolute atomic E-state index is 13.6. The van der Waals surface area contributed by atoms with E-state index in [4.69, 9.17) is 0 Å². The van der Waals surface area contributed by atoms with E-state index >= 15 is 0 Å². The highest BCUT2D eigenvalue weighted by Gasteiger charge is 2.23. The van der Waals surface area contributed by atoms with Gasteiger partial charge in [-0.1, -0.05) is 23.8 Å². The molecule has 7 heteroatoms. The molecule has 0 bridgehead atoms. The van der Waals surface area contributed by atoms with E-state index in [1.165, 1.54) is 12.1 Å². The fraction of sp³-hybridized carbons (Fsp3) is 0.250. The number of anilines is 1. The molecule has 1 fully saturated rings. The van der Waals surface area contributed by atoms with Crippen molar-refractivity contribution in [3.8, 4) is 0 Å². The number of aromatic nitrogens is 1. The van der Waals surface area contributed by atoms with E-state index in [2.05, 4.69) is 4.98 Å². The van der Waals surface area contributed by atoms with E-state index in [1.54, 1.807) is 19.1 Å². The summed E-state index contributed by atoms with van der Waals surface area (Å²) in [4.78, 5) is 17.1. The summed E-state index contributed by atoms with van der Waals surface area (Å²) in [6.45, 7) is 3.04. The van der Waals surface area contributed by atoms with Crippen molar-refractivity contribution >= 4 is 17.6 Å². The molecule has 0 atom stereocenters. The zero-order valence-corrected chi connectivity index (χ0v) is 14.9. The maximum atomic E-state index is 13.6. The third-order valence-corrected chi connectivity index (χ3v) is 4.46. The highest BCUT2D eigenvalue weighted by Crippen LogP contribution is 2.29. The van der Waals surface area contributed by atoms with Gasteiger partial charge in [-0.15, -0.1) is 0 Å². The number of nitro groups is 1. The Bertz CT molecular complexity index is 915. The quantitative estimate of drug-likeness (QED) is 0.571. The molecule has 0 saturated carbocycles. The fourth-order valence-corrected chi connectivity index (χ4v) is 3.01.